The summed E-state index contributed by atoms with van der Waals surface area (Å²) in [7, 11) is 0. The number of nitrogens with zero attached hydrogens (tertiary/aromatic N) is 1. The first-order valence-corrected chi connectivity index (χ1v) is 6.96. The van der Waals surface area contributed by atoms with Crippen LogP contribution in [0, 0.1) is 5.92 Å². The first-order valence-electron chi connectivity index (χ1n) is 6.08. The smallest absolute Gasteiger partial charge is 0.268 e. The number of hydrogen-bond acceptors (Lipinski definition) is 5. The molecule has 2 N–H and O–H groups in total. The molecule has 3 heterocycles. The van der Waals surface area contributed by atoms with E-state index >= 15 is 0 Å². The van der Waals surface area contributed by atoms with Gasteiger partial charge in [0.2, 0.25) is 0 Å². The summed E-state index contributed by atoms with van der Waals surface area (Å²) >= 11 is 1.41. The fourth-order valence-electron chi connectivity index (χ4n) is 2.17. The molecule has 2 aromatic rings. The van der Waals surface area contributed by atoms with Gasteiger partial charge in [0.15, 0.2) is 0 Å². The van der Waals surface area contributed by atoms with Gasteiger partial charge in [0.1, 0.15) is 17.1 Å². The van der Waals surface area contributed by atoms with Crippen molar-refractivity contribution >= 4 is 21.6 Å². The number of ether oxygens (including phenoxy) is 1. The number of rotatable bonds is 4. The predicted octanol–water partition coefficient (Wildman–Crippen LogP) is 1.11. The summed E-state index contributed by atoms with van der Waals surface area (Å²) in [6.45, 7) is 3.19. The number of fused-ring (bicyclic) bond motifs is 1. The van der Waals surface area contributed by atoms with Gasteiger partial charge in [0.25, 0.3) is 5.56 Å². The van der Waals surface area contributed by atoms with E-state index in [1.54, 1.807) is 0 Å². The summed E-state index contributed by atoms with van der Waals surface area (Å²) in [6, 6.07) is 1.86. The number of H-pyrrole nitrogens is 1. The second-order valence-corrected chi connectivity index (χ2v) is 5.44. The fraction of sp³-hybridized carbons (Fsp3) is 0.500. The molecular weight excluding hydrogens is 250 g/mol. The van der Waals surface area contributed by atoms with Gasteiger partial charge >= 0.3 is 0 Å². The van der Waals surface area contributed by atoms with Crippen LogP contribution in [-0.4, -0.2) is 29.7 Å². The van der Waals surface area contributed by atoms with Gasteiger partial charge in [-0.3, -0.25) is 4.79 Å². The molecule has 5 nitrogen and oxygen atoms in total. The number of nitrogens with one attached hydrogen (secondary N) is 2. The highest BCUT2D eigenvalue weighted by Crippen LogP contribution is 2.14. The van der Waals surface area contributed by atoms with Crippen LogP contribution in [0.3, 0.4) is 0 Å². The summed E-state index contributed by atoms with van der Waals surface area (Å²) in [4.78, 5) is 18.9. The maximum absolute atomic E-state index is 11.7. The Morgan fingerprint density at radius 2 is 2.50 bits per heavy atom. The minimum atomic E-state index is -0.0730. The Bertz CT molecular complexity index is 586. The molecule has 3 rings (SSSR count). The maximum Gasteiger partial charge on any atom is 0.268 e. The van der Waals surface area contributed by atoms with E-state index in [4.69, 9.17) is 4.74 Å². The highest BCUT2D eigenvalue weighted by Gasteiger charge is 2.14. The van der Waals surface area contributed by atoms with Crippen molar-refractivity contribution in [3.63, 3.8) is 0 Å². The van der Waals surface area contributed by atoms with E-state index in [0.717, 1.165) is 31.6 Å². The van der Waals surface area contributed by atoms with Crippen molar-refractivity contribution in [3.05, 3.63) is 27.6 Å². The number of thiophene rings is 1. The second kappa shape index (κ2) is 5.17. The van der Waals surface area contributed by atoms with Gasteiger partial charge in [-0.2, -0.15) is 0 Å². The van der Waals surface area contributed by atoms with Crippen LogP contribution >= 0.6 is 11.3 Å². The lowest BCUT2D eigenvalue weighted by Crippen LogP contribution is -2.16. The van der Waals surface area contributed by atoms with E-state index in [-0.39, 0.29) is 5.56 Å². The lowest BCUT2D eigenvalue weighted by Gasteiger charge is -2.08. The lowest BCUT2D eigenvalue weighted by molar-refractivity contribution is 0.0879. The number of aromatic nitrogens is 2. The van der Waals surface area contributed by atoms with Gasteiger partial charge in [0.05, 0.1) is 12.1 Å². The Hall–Kier alpha value is -1.24. The highest BCUT2D eigenvalue weighted by molar-refractivity contribution is 7.17. The average molecular weight is 265 g/mol. The average Bonchev–Trinajstić information content (AvgIpc) is 2.99. The predicted molar refractivity (Wildman–Crippen MR) is 70.9 cm³/mol. The molecule has 1 saturated heterocycles. The lowest BCUT2D eigenvalue weighted by atomic mass is 10.1. The molecule has 1 fully saturated rings. The Labute approximate surface area is 108 Å². The molecule has 0 amide bonds. The monoisotopic (exact) mass is 265 g/mol. The van der Waals surface area contributed by atoms with Crippen LogP contribution in [-0.2, 0) is 11.3 Å². The Balaban J connectivity index is 1.65. The van der Waals surface area contributed by atoms with Crippen LogP contribution < -0.4 is 10.9 Å². The van der Waals surface area contributed by atoms with Crippen LogP contribution in [0.1, 0.15) is 12.2 Å². The van der Waals surface area contributed by atoms with Gasteiger partial charge in [-0.25, -0.2) is 4.98 Å². The summed E-state index contributed by atoms with van der Waals surface area (Å²) in [5.74, 6) is 1.19. The van der Waals surface area contributed by atoms with E-state index in [1.807, 2.05) is 11.4 Å². The molecule has 96 valence electrons. The van der Waals surface area contributed by atoms with Crippen LogP contribution in [0.15, 0.2) is 16.2 Å². The second-order valence-electron chi connectivity index (χ2n) is 4.52. The molecule has 2 aromatic heterocycles. The third kappa shape index (κ3) is 2.45. The molecule has 1 aliphatic heterocycles. The van der Waals surface area contributed by atoms with Crippen molar-refractivity contribution in [1.29, 1.82) is 0 Å². The minimum Gasteiger partial charge on any atom is -0.373 e. The topological polar surface area (TPSA) is 67.0 Å². The molecule has 1 aliphatic rings. The first-order chi connectivity index (χ1) is 8.83. The molecule has 0 aromatic carbocycles. The zero-order chi connectivity index (χ0) is 12.4. The van der Waals surface area contributed by atoms with Crippen molar-refractivity contribution in [2.75, 3.05) is 19.7 Å². The highest BCUT2D eigenvalue weighted by atomic mass is 32.1. The van der Waals surface area contributed by atoms with E-state index in [0.29, 0.717) is 23.0 Å². The molecule has 1 unspecified atom stereocenters. The third-order valence-corrected chi connectivity index (χ3v) is 4.02. The van der Waals surface area contributed by atoms with Gasteiger partial charge < -0.3 is 15.0 Å². The molecule has 0 aliphatic carbocycles. The van der Waals surface area contributed by atoms with Crippen molar-refractivity contribution < 1.29 is 4.74 Å². The fourth-order valence-corrected chi connectivity index (χ4v) is 2.89. The van der Waals surface area contributed by atoms with E-state index in [1.165, 1.54) is 11.3 Å². The van der Waals surface area contributed by atoms with Gasteiger partial charge in [-0.05, 0) is 30.3 Å². The van der Waals surface area contributed by atoms with Crippen molar-refractivity contribution in [3.8, 4) is 0 Å². The molecule has 0 saturated carbocycles. The molecule has 6 heteroatoms. The maximum atomic E-state index is 11.7. The number of aromatic amines is 1. The quantitative estimate of drug-likeness (QED) is 0.869. The van der Waals surface area contributed by atoms with E-state index in [2.05, 4.69) is 15.3 Å². The third-order valence-electron chi connectivity index (χ3n) is 3.12. The molecule has 0 spiro atoms. The molecule has 0 radical (unpaired) electrons. The van der Waals surface area contributed by atoms with Crippen LogP contribution in [0.2, 0.25) is 0 Å². The van der Waals surface area contributed by atoms with Crippen LogP contribution in [0.4, 0.5) is 0 Å². The summed E-state index contributed by atoms with van der Waals surface area (Å²) in [6.07, 6.45) is 1.16. The molecule has 0 bridgehead atoms. The summed E-state index contributed by atoms with van der Waals surface area (Å²) < 4.78 is 6.29. The van der Waals surface area contributed by atoms with Crippen molar-refractivity contribution in [1.82, 2.24) is 15.3 Å². The normalized spacial score (nSPS) is 19.7. The van der Waals surface area contributed by atoms with E-state index < -0.39 is 0 Å². The SMILES string of the molecule is O=c1[nH]c(COCC2CCNC2)nc2ccsc12. The summed E-state index contributed by atoms with van der Waals surface area (Å²) in [5.41, 5.74) is 0.681. The van der Waals surface area contributed by atoms with Crippen LogP contribution in [0.5, 0.6) is 0 Å². The standard InChI is InChI=1S/C12H15N3O2S/c16-12-11-9(2-4-18-11)14-10(15-12)7-17-6-8-1-3-13-5-8/h2,4,8,13H,1,3,5-7H2,(H,14,15,16). The van der Waals surface area contributed by atoms with Gasteiger partial charge in [0, 0.05) is 6.54 Å². The molecule has 18 heavy (non-hydrogen) atoms. The van der Waals surface area contributed by atoms with Crippen molar-refractivity contribution in [2.45, 2.75) is 13.0 Å². The number of hydrogen-bond donors (Lipinski definition) is 2. The van der Waals surface area contributed by atoms with Crippen molar-refractivity contribution in [2.24, 2.45) is 5.92 Å². The Kier molecular flexibility index (Phi) is 3.40. The zero-order valence-corrected chi connectivity index (χ0v) is 10.8. The van der Waals surface area contributed by atoms with Gasteiger partial charge in [-0.15, -0.1) is 11.3 Å². The first kappa shape index (κ1) is 11.8. The minimum absolute atomic E-state index is 0.0730. The van der Waals surface area contributed by atoms with Crippen LogP contribution in [0.25, 0.3) is 10.2 Å². The molecular formula is C12H15N3O2S. The largest absolute Gasteiger partial charge is 0.373 e. The molecule has 1 atom stereocenters. The van der Waals surface area contributed by atoms with E-state index in [9.17, 15) is 4.79 Å². The Morgan fingerprint density at radius 3 is 3.33 bits per heavy atom. The zero-order valence-electron chi connectivity index (χ0n) is 9.94. The van der Waals surface area contributed by atoms with Gasteiger partial charge in [-0.1, -0.05) is 0 Å². The summed E-state index contributed by atoms with van der Waals surface area (Å²) in [5, 5.41) is 5.18. The Morgan fingerprint density at radius 1 is 1.56 bits per heavy atom.